The fraction of sp³-hybridized carbons (Fsp3) is 0.0833. The first kappa shape index (κ1) is 13.4. The molecule has 19 heavy (non-hydrogen) atoms. The van der Waals surface area contributed by atoms with Crippen molar-refractivity contribution in [3.63, 3.8) is 0 Å². The van der Waals surface area contributed by atoms with Crippen LogP contribution >= 0.6 is 0 Å². The van der Waals surface area contributed by atoms with Gasteiger partial charge >= 0.3 is 7.12 Å². The Hall–Kier alpha value is -1.99. The molecule has 0 aliphatic rings. The minimum absolute atomic E-state index is 0.00478. The molecule has 0 aliphatic heterocycles. The Morgan fingerprint density at radius 1 is 1.05 bits per heavy atom. The van der Waals surface area contributed by atoms with Crippen molar-refractivity contribution in [3.8, 4) is 5.75 Å². The van der Waals surface area contributed by atoms with Gasteiger partial charge in [-0.2, -0.15) is 0 Å². The maximum atomic E-state index is 13.2. The van der Waals surface area contributed by atoms with E-state index in [1.54, 1.807) is 0 Å². The van der Waals surface area contributed by atoms with Crippen molar-refractivity contribution in [1.29, 1.82) is 0 Å². The van der Waals surface area contributed by atoms with E-state index in [0.717, 1.165) is 18.3 Å². The summed E-state index contributed by atoms with van der Waals surface area (Å²) in [6.07, 6.45) is 2.48. The molecular weight excluding hydrogens is 255 g/mol. The van der Waals surface area contributed by atoms with Gasteiger partial charge in [0.15, 0.2) is 0 Å². The van der Waals surface area contributed by atoms with E-state index in [9.17, 15) is 8.78 Å². The summed E-state index contributed by atoms with van der Waals surface area (Å²) in [6, 6.07) is 4.62. The first-order valence-electron chi connectivity index (χ1n) is 5.43. The third-order valence-corrected chi connectivity index (χ3v) is 2.36. The summed E-state index contributed by atoms with van der Waals surface area (Å²) < 4.78 is 31.3. The molecule has 2 aromatic rings. The van der Waals surface area contributed by atoms with Crippen LogP contribution in [0.4, 0.5) is 8.78 Å². The summed E-state index contributed by atoms with van der Waals surface area (Å²) >= 11 is 0. The molecule has 0 unspecified atom stereocenters. The third-order valence-electron chi connectivity index (χ3n) is 2.36. The Bertz CT molecular complexity index is 581. The van der Waals surface area contributed by atoms with Gasteiger partial charge in [-0.3, -0.25) is 4.98 Å². The number of halogens is 2. The second kappa shape index (κ2) is 5.77. The van der Waals surface area contributed by atoms with Crippen LogP contribution in [0.3, 0.4) is 0 Å². The lowest BCUT2D eigenvalue weighted by Gasteiger charge is -2.08. The zero-order chi connectivity index (χ0) is 13.8. The van der Waals surface area contributed by atoms with Gasteiger partial charge in [0.2, 0.25) is 0 Å². The van der Waals surface area contributed by atoms with Crippen molar-refractivity contribution in [2.24, 2.45) is 0 Å². The standard InChI is InChI=1S/C12H10BF2NO3/c14-10-2-9(13(17)18)3-12(4-10)19-7-8-1-11(15)6-16-5-8/h1-6,17-18H,7H2. The van der Waals surface area contributed by atoms with E-state index in [4.69, 9.17) is 14.8 Å². The zero-order valence-electron chi connectivity index (χ0n) is 9.75. The van der Waals surface area contributed by atoms with Gasteiger partial charge < -0.3 is 14.8 Å². The summed E-state index contributed by atoms with van der Waals surface area (Å²) in [5, 5.41) is 17.9. The molecule has 0 radical (unpaired) electrons. The van der Waals surface area contributed by atoms with Gasteiger partial charge in [0.25, 0.3) is 0 Å². The van der Waals surface area contributed by atoms with E-state index in [0.29, 0.717) is 5.56 Å². The van der Waals surface area contributed by atoms with Crippen LogP contribution in [0.25, 0.3) is 0 Å². The summed E-state index contributed by atoms with van der Waals surface area (Å²) in [7, 11) is -1.78. The normalized spacial score (nSPS) is 10.3. The highest BCUT2D eigenvalue weighted by molar-refractivity contribution is 6.58. The van der Waals surface area contributed by atoms with Gasteiger partial charge in [-0.1, -0.05) is 0 Å². The molecule has 0 spiro atoms. The number of nitrogens with zero attached hydrogens (tertiary/aromatic N) is 1. The third kappa shape index (κ3) is 3.74. The average molecular weight is 265 g/mol. The van der Waals surface area contributed by atoms with Gasteiger partial charge in [-0.05, 0) is 23.7 Å². The molecule has 0 bridgehead atoms. The first-order valence-corrected chi connectivity index (χ1v) is 5.43. The van der Waals surface area contributed by atoms with Crippen LogP contribution < -0.4 is 10.2 Å². The molecule has 0 atom stereocenters. The molecule has 4 nitrogen and oxygen atoms in total. The van der Waals surface area contributed by atoms with Crippen LogP contribution in [0, 0.1) is 11.6 Å². The number of rotatable bonds is 4. The minimum atomic E-state index is -1.78. The molecule has 7 heteroatoms. The maximum absolute atomic E-state index is 13.2. The minimum Gasteiger partial charge on any atom is -0.489 e. The summed E-state index contributed by atoms with van der Waals surface area (Å²) in [5.41, 5.74) is 0.461. The van der Waals surface area contributed by atoms with Crippen molar-refractivity contribution >= 4 is 12.6 Å². The SMILES string of the molecule is OB(O)c1cc(F)cc(OCc2cncc(F)c2)c1. The van der Waals surface area contributed by atoms with E-state index in [-0.39, 0.29) is 17.8 Å². The van der Waals surface area contributed by atoms with Crippen molar-refractivity contribution in [1.82, 2.24) is 4.98 Å². The number of hydrogen-bond acceptors (Lipinski definition) is 4. The molecular formula is C12H10BF2NO3. The van der Waals surface area contributed by atoms with Crippen LogP contribution in [0.2, 0.25) is 0 Å². The van der Waals surface area contributed by atoms with Crippen LogP contribution in [0.1, 0.15) is 5.56 Å². The van der Waals surface area contributed by atoms with E-state index >= 15 is 0 Å². The van der Waals surface area contributed by atoms with Gasteiger partial charge in [-0.15, -0.1) is 0 Å². The van der Waals surface area contributed by atoms with Gasteiger partial charge in [0.05, 0.1) is 6.20 Å². The summed E-state index contributed by atoms with van der Waals surface area (Å²) in [4.78, 5) is 3.65. The number of benzene rings is 1. The topological polar surface area (TPSA) is 62.6 Å². The van der Waals surface area contributed by atoms with E-state index in [1.165, 1.54) is 18.3 Å². The molecule has 0 fully saturated rings. The lowest BCUT2D eigenvalue weighted by molar-refractivity contribution is 0.303. The molecule has 0 saturated heterocycles. The molecule has 1 aromatic carbocycles. The molecule has 0 aliphatic carbocycles. The molecule has 0 saturated carbocycles. The van der Waals surface area contributed by atoms with Gasteiger partial charge in [0, 0.05) is 17.8 Å². The number of aromatic nitrogens is 1. The van der Waals surface area contributed by atoms with Crippen LogP contribution in [-0.2, 0) is 6.61 Å². The Labute approximate surface area is 108 Å². The Morgan fingerprint density at radius 2 is 1.84 bits per heavy atom. The largest absolute Gasteiger partial charge is 0.489 e. The van der Waals surface area contributed by atoms with Crippen LogP contribution in [-0.4, -0.2) is 22.2 Å². The average Bonchev–Trinajstić information content (AvgIpc) is 2.36. The Kier molecular flexibility index (Phi) is 4.08. The molecule has 1 heterocycles. The van der Waals surface area contributed by atoms with Gasteiger partial charge in [-0.25, -0.2) is 8.78 Å². The van der Waals surface area contributed by atoms with E-state index < -0.39 is 18.8 Å². The predicted molar refractivity (Wildman–Crippen MR) is 64.8 cm³/mol. The maximum Gasteiger partial charge on any atom is 0.488 e. The highest BCUT2D eigenvalue weighted by Crippen LogP contribution is 2.13. The fourth-order valence-electron chi connectivity index (χ4n) is 1.52. The Morgan fingerprint density at radius 3 is 2.53 bits per heavy atom. The number of hydrogen-bond donors (Lipinski definition) is 2. The van der Waals surface area contributed by atoms with Crippen molar-refractivity contribution < 1.29 is 23.6 Å². The highest BCUT2D eigenvalue weighted by atomic mass is 19.1. The molecule has 98 valence electrons. The van der Waals surface area contributed by atoms with Gasteiger partial charge in [0.1, 0.15) is 24.0 Å². The Balaban J connectivity index is 2.11. The van der Waals surface area contributed by atoms with Crippen LogP contribution in [0.5, 0.6) is 5.75 Å². The van der Waals surface area contributed by atoms with Crippen molar-refractivity contribution in [3.05, 3.63) is 53.9 Å². The number of ether oxygens (including phenoxy) is 1. The summed E-state index contributed by atoms with van der Waals surface area (Å²) in [6.45, 7) is -0.00478. The highest BCUT2D eigenvalue weighted by Gasteiger charge is 2.13. The van der Waals surface area contributed by atoms with Crippen molar-refractivity contribution in [2.75, 3.05) is 0 Å². The first-order chi connectivity index (χ1) is 9.04. The molecule has 2 N–H and O–H groups in total. The van der Waals surface area contributed by atoms with E-state index in [2.05, 4.69) is 4.98 Å². The van der Waals surface area contributed by atoms with Crippen molar-refractivity contribution in [2.45, 2.75) is 6.61 Å². The smallest absolute Gasteiger partial charge is 0.488 e. The van der Waals surface area contributed by atoms with Crippen LogP contribution in [0.15, 0.2) is 36.7 Å². The molecule has 2 rings (SSSR count). The zero-order valence-corrected chi connectivity index (χ0v) is 9.75. The van der Waals surface area contributed by atoms with E-state index in [1.807, 2.05) is 0 Å². The lowest BCUT2D eigenvalue weighted by Crippen LogP contribution is -2.30. The predicted octanol–water partition coefficient (Wildman–Crippen LogP) is 0.619. The lowest BCUT2D eigenvalue weighted by atomic mass is 9.80. The molecule has 1 aromatic heterocycles. The second-order valence-corrected chi connectivity index (χ2v) is 3.89. The summed E-state index contributed by atoms with van der Waals surface area (Å²) in [5.74, 6) is -1.03. The quantitative estimate of drug-likeness (QED) is 0.795. The second-order valence-electron chi connectivity index (χ2n) is 3.89. The molecule has 0 amide bonds. The number of pyridine rings is 1. The monoisotopic (exact) mass is 265 g/mol. The fourth-order valence-corrected chi connectivity index (χ4v) is 1.52.